The van der Waals surface area contributed by atoms with Crippen LogP contribution in [0.5, 0.6) is 0 Å². The number of phosphoric acid groups is 1. The molecule has 0 aromatic heterocycles. The third kappa shape index (κ3) is 37.0. The van der Waals surface area contributed by atoms with Gasteiger partial charge in [-0.3, -0.25) is 13.8 Å². The molecule has 0 rings (SSSR count). The largest absolute Gasteiger partial charge is 0.472 e. The van der Waals surface area contributed by atoms with Gasteiger partial charge in [-0.15, -0.1) is 0 Å². The summed E-state index contributed by atoms with van der Waals surface area (Å²) in [6.45, 7) is 4.62. The van der Waals surface area contributed by atoms with E-state index >= 15 is 0 Å². The number of carbonyl (C=O) groups excluding carboxylic acids is 1. The Labute approximate surface area is 299 Å². The number of allylic oxidation sites excluding steroid dienone is 12. The van der Waals surface area contributed by atoms with E-state index in [1.807, 2.05) is 0 Å². The lowest BCUT2D eigenvalue weighted by Gasteiger charge is -2.20. The number of esters is 1. The maximum absolute atomic E-state index is 12.5. The lowest BCUT2D eigenvalue weighted by molar-refractivity contribution is -0.154. The second kappa shape index (κ2) is 37.2. The molecule has 0 amide bonds. The molecule has 0 saturated heterocycles. The van der Waals surface area contributed by atoms with Gasteiger partial charge in [0.05, 0.1) is 19.8 Å². The van der Waals surface area contributed by atoms with Gasteiger partial charge in [-0.2, -0.15) is 0 Å². The van der Waals surface area contributed by atoms with Crippen LogP contribution in [0.3, 0.4) is 0 Å². The van der Waals surface area contributed by atoms with Gasteiger partial charge in [0.25, 0.3) is 0 Å². The van der Waals surface area contributed by atoms with Crippen LogP contribution in [0, 0.1) is 0 Å². The van der Waals surface area contributed by atoms with E-state index in [-0.39, 0.29) is 32.3 Å². The topological polar surface area (TPSA) is 117 Å². The lowest BCUT2D eigenvalue weighted by Crippen LogP contribution is -2.28. The van der Waals surface area contributed by atoms with Crippen LogP contribution in [0.2, 0.25) is 0 Å². The molecule has 0 saturated carbocycles. The zero-order chi connectivity index (χ0) is 35.9. The second-order valence-electron chi connectivity index (χ2n) is 12.1. The van der Waals surface area contributed by atoms with Gasteiger partial charge < -0.3 is 20.1 Å². The average molecular weight is 708 g/mol. The van der Waals surface area contributed by atoms with E-state index in [2.05, 4.69) is 86.8 Å². The van der Waals surface area contributed by atoms with Crippen LogP contribution in [0.4, 0.5) is 0 Å². The van der Waals surface area contributed by atoms with Gasteiger partial charge in [0.2, 0.25) is 0 Å². The molecule has 9 heteroatoms. The first kappa shape index (κ1) is 46.9. The second-order valence-corrected chi connectivity index (χ2v) is 13.5. The summed E-state index contributed by atoms with van der Waals surface area (Å²) in [5.74, 6) is -0.360. The number of nitrogens with two attached hydrogens (primary N) is 1. The van der Waals surface area contributed by atoms with Crippen molar-refractivity contribution in [2.24, 2.45) is 5.73 Å². The monoisotopic (exact) mass is 707 g/mol. The van der Waals surface area contributed by atoms with Crippen molar-refractivity contribution in [2.75, 3.05) is 33.0 Å². The van der Waals surface area contributed by atoms with Gasteiger partial charge in [0.1, 0.15) is 6.10 Å². The number of hydrogen-bond acceptors (Lipinski definition) is 7. The minimum absolute atomic E-state index is 0.0796. The van der Waals surface area contributed by atoms with E-state index in [4.69, 9.17) is 24.3 Å². The first-order valence-electron chi connectivity index (χ1n) is 18.9. The van der Waals surface area contributed by atoms with E-state index in [0.29, 0.717) is 13.0 Å². The maximum atomic E-state index is 12.5. The molecule has 0 aromatic carbocycles. The molecule has 0 spiro atoms. The molecule has 49 heavy (non-hydrogen) atoms. The highest BCUT2D eigenvalue weighted by Crippen LogP contribution is 2.43. The molecule has 0 aliphatic rings. The average Bonchev–Trinajstić information content (AvgIpc) is 3.09. The van der Waals surface area contributed by atoms with Crippen LogP contribution in [0.25, 0.3) is 0 Å². The molecule has 282 valence electrons. The number of rotatable bonds is 35. The van der Waals surface area contributed by atoms with Gasteiger partial charge >= 0.3 is 13.8 Å². The maximum Gasteiger partial charge on any atom is 0.472 e. The van der Waals surface area contributed by atoms with E-state index in [1.165, 1.54) is 32.1 Å². The van der Waals surface area contributed by atoms with E-state index in [1.54, 1.807) is 0 Å². The van der Waals surface area contributed by atoms with Crippen LogP contribution in [0.15, 0.2) is 72.9 Å². The number of ether oxygens (including phenoxy) is 2. The number of carbonyl (C=O) groups is 1. The predicted molar refractivity (Wildman–Crippen MR) is 205 cm³/mol. The Bertz CT molecular complexity index is 974. The predicted octanol–water partition coefficient (Wildman–Crippen LogP) is 10.8. The third-order valence-electron chi connectivity index (χ3n) is 7.36. The highest BCUT2D eigenvalue weighted by Gasteiger charge is 2.25. The summed E-state index contributed by atoms with van der Waals surface area (Å²) >= 11 is 0. The Morgan fingerprint density at radius 1 is 0.633 bits per heavy atom. The first-order chi connectivity index (χ1) is 23.9. The standard InChI is InChI=1S/C40H70NO7P/c1-3-5-7-9-11-13-15-17-18-19-20-21-22-24-26-28-30-32-35-45-37-39(38-47-49(43,44)46-36-34-41)48-40(42)33-31-29-27-25-23-16-14-12-10-8-6-4-2/h5,7,11-14,17-18,20-21,24,26,39H,3-4,6,8-10,15-16,19,22-23,25,27-38,41H2,1-2H3,(H,43,44)/b7-5-,13-11-,14-12-,18-17-,21-20-,26-24-. The van der Waals surface area contributed by atoms with Crippen molar-refractivity contribution < 1.29 is 32.8 Å². The third-order valence-corrected chi connectivity index (χ3v) is 8.34. The summed E-state index contributed by atoms with van der Waals surface area (Å²) < 4.78 is 33.2. The molecule has 0 fully saturated rings. The fourth-order valence-electron chi connectivity index (χ4n) is 4.60. The Morgan fingerprint density at radius 2 is 1.14 bits per heavy atom. The number of hydrogen-bond donors (Lipinski definition) is 2. The molecule has 8 nitrogen and oxygen atoms in total. The molecule has 0 aromatic rings. The molecule has 3 N–H and O–H groups in total. The highest BCUT2D eigenvalue weighted by molar-refractivity contribution is 7.47. The molecule has 0 aliphatic heterocycles. The van der Waals surface area contributed by atoms with Crippen molar-refractivity contribution in [1.82, 2.24) is 0 Å². The molecule has 0 aliphatic carbocycles. The van der Waals surface area contributed by atoms with Gasteiger partial charge in [-0.1, -0.05) is 119 Å². The van der Waals surface area contributed by atoms with E-state index < -0.39 is 13.9 Å². The SMILES string of the molecule is CC/C=C\C/C=C\C/C=C\C/C=C\C/C=C\CCCCOCC(COP(=O)(O)OCCN)OC(=O)CCCCCCC/C=C\CCCCC. The Kier molecular flexibility index (Phi) is 35.6. The molecule has 2 atom stereocenters. The van der Waals surface area contributed by atoms with Gasteiger partial charge in [0, 0.05) is 19.6 Å². The van der Waals surface area contributed by atoms with Crippen LogP contribution in [0.1, 0.15) is 136 Å². The molecular weight excluding hydrogens is 637 g/mol. The Balaban J connectivity index is 4.21. The summed E-state index contributed by atoms with van der Waals surface area (Å²) in [5.41, 5.74) is 5.35. The summed E-state index contributed by atoms with van der Waals surface area (Å²) in [5, 5.41) is 0. The summed E-state index contributed by atoms with van der Waals surface area (Å²) in [6.07, 6.45) is 44.9. The summed E-state index contributed by atoms with van der Waals surface area (Å²) in [4.78, 5) is 22.3. The fraction of sp³-hybridized carbons (Fsp3) is 0.675. The van der Waals surface area contributed by atoms with Crippen LogP contribution < -0.4 is 5.73 Å². The Hall–Kier alpha value is -2.06. The molecular formula is C40H70NO7P. The van der Waals surface area contributed by atoms with Crippen molar-refractivity contribution in [2.45, 2.75) is 142 Å². The van der Waals surface area contributed by atoms with Gasteiger partial charge in [0.15, 0.2) is 0 Å². The zero-order valence-electron chi connectivity index (χ0n) is 30.9. The molecule has 2 unspecified atom stereocenters. The smallest absolute Gasteiger partial charge is 0.457 e. The van der Waals surface area contributed by atoms with Crippen molar-refractivity contribution in [3.05, 3.63) is 72.9 Å². The quantitative estimate of drug-likeness (QED) is 0.0289. The van der Waals surface area contributed by atoms with Crippen molar-refractivity contribution >= 4 is 13.8 Å². The first-order valence-corrected chi connectivity index (χ1v) is 20.4. The molecule has 0 radical (unpaired) electrons. The highest BCUT2D eigenvalue weighted by atomic mass is 31.2. The van der Waals surface area contributed by atoms with Crippen molar-refractivity contribution in [3.63, 3.8) is 0 Å². The zero-order valence-corrected chi connectivity index (χ0v) is 31.8. The van der Waals surface area contributed by atoms with Crippen molar-refractivity contribution in [1.29, 1.82) is 0 Å². The van der Waals surface area contributed by atoms with E-state index in [9.17, 15) is 14.3 Å². The Morgan fingerprint density at radius 3 is 1.73 bits per heavy atom. The molecule has 0 bridgehead atoms. The number of unbranched alkanes of at least 4 members (excludes halogenated alkanes) is 10. The minimum atomic E-state index is -4.29. The normalized spacial score (nSPS) is 14.4. The van der Waals surface area contributed by atoms with Gasteiger partial charge in [-0.25, -0.2) is 4.57 Å². The van der Waals surface area contributed by atoms with Crippen molar-refractivity contribution in [3.8, 4) is 0 Å². The van der Waals surface area contributed by atoms with E-state index in [0.717, 1.165) is 83.5 Å². The number of phosphoric ester groups is 1. The van der Waals surface area contributed by atoms with Crippen LogP contribution in [-0.2, 0) is 27.9 Å². The fourth-order valence-corrected chi connectivity index (χ4v) is 5.37. The summed E-state index contributed by atoms with van der Waals surface area (Å²) in [7, 11) is -4.29. The lowest BCUT2D eigenvalue weighted by atomic mass is 10.1. The summed E-state index contributed by atoms with van der Waals surface area (Å²) in [6, 6.07) is 0. The van der Waals surface area contributed by atoms with Crippen LogP contribution in [-0.4, -0.2) is 49.9 Å². The van der Waals surface area contributed by atoms with Crippen LogP contribution >= 0.6 is 7.82 Å². The van der Waals surface area contributed by atoms with Gasteiger partial charge in [-0.05, 0) is 83.5 Å². The molecule has 0 heterocycles. The minimum Gasteiger partial charge on any atom is -0.457 e.